The zero-order valence-corrected chi connectivity index (χ0v) is 10.6. The molecule has 96 valence electrons. The molecule has 1 aromatic carbocycles. The number of methoxy groups -OCH3 is 1. The minimum Gasteiger partial charge on any atom is -0.495 e. The first kappa shape index (κ1) is 13.9. The number of benzene rings is 1. The summed E-state index contributed by atoms with van der Waals surface area (Å²) in [6.45, 7) is 2.79. The third-order valence-corrected chi connectivity index (χ3v) is 2.29. The molecule has 0 aromatic heterocycles. The summed E-state index contributed by atoms with van der Waals surface area (Å²) in [5, 5.41) is 2.56. The molecule has 0 aliphatic heterocycles. The van der Waals surface area contributed by atoms with Gasteiger partial charge in [0, 0.05) is 5.56 Å². The van der Waals surface area contributed by atoms with Crippen molar-refractivity contribution in [3.63, 3.8) is 0 Å². The largest absolute Gasteiger partial charge is 0.495 e. The molecule has 1 rings (SSSR count). The second-order valence-corrected chi connectivity index (χ2v) is 3.90. The van der Waals surface area contributed by atoms with Crippen LogP contribution in [-0.2, 0) is 9.59 Å². The highest BCUT2D eigenvalue weighted by molar-refractivity contribution is 6.04. The summed E-state index contributed by atoms with van der Waals surface area (Å²) in [5.74, 6) is -0.322. The molecule has 1 N–H and O–H groups in total. The number of nitrogens with one attached hydrogen (secondary N) is 1. The number of hydrogen-bond donors (Lipinski definition) is 1. The first-order valence-electron chi connectivity index (χ1n) is 5.42. The Labute approximate surface area is 105 Å². The second-order valence-electron chi connectivity index (χ2n) is 3.90. The Kier molecular flexibility index (Phi) is 4.59. The summed E-state index contributed by atoms with van der Waals surface area (Å²) in [5.41, 5.74) is 0.935. The lowest BCUT2D eigenvalue weighted by molar-refractivity contribution is -0.124. The van der Waals surface area contributed by atoms with Gasteiger partial charge in [-0.1, -0.05) is 0 Å². The maximum Gasteiger partial charge on any atom is 0.231 e. The number of ketones is 2. The fourth-order valence-corrected chi connectivity index (χ4v) is 1.43. The molecule has 0 saturated heterocycles. The molecule has 0 unspecified atom stereocenters. The van der Waals surface area contributed by atoms with Crippen LogP contribution in [0.25, 0.3) is 0 Å². The fraction of sp³-hybridized carbons (Fsp3) is 0.308. The second kappa shape index (κ2) is 5.95. The summed E-state index contributed by atoms with van der Waals surface area (Å²) in [7, 11) is 1.44. The Morgan fingerprint density at radius 2 is 1.89 bits per heavy atom. The Morgan fingerprint density at radius 1 is 1.22 bits per heavy atom. The highest BCUT2D eigenvalue weighted by Gasteiger charge is 2.11. The van der Waals surface area contributed by atoms with Gasteiger partial charge in [-0.3, -0.25) is 14.4 Å². The van der Waals surface area contributed by atoms with E-state index in [0.29, 0.717) is 17.0 Å². The van der Waals surface area contributed by atoms with Crippen LogP contribution in [0.1, 0.15) is 30.6 Å². The lowest BCUT2D eigenvalue weighted by Crippen LogP contribution is -2.15. The molecular weight excluding hydrogens is 234 g/mol. The van der Waals surface area contributed by atoms with Gasteiger partial charge in [-0.15, -0.1) is 0 Å². The third kappa shape index (κ3) is 3.69. The van der Waals surface area contributed by atoms with Crippen LogP contribution in [0.15, 0.2) is 18.2 Å². The normalized spacial score (nSPS) is 9.72. The number of anilines is 1. The third-order valence-electron chi connectivity index (χ3n) is 2.29. The number of carbonyl (C=O) groups excluding carboxylic acids is 3. The van der Waals surface area contributed by atoms with E-state index in [2.05, 4.69) is 5.32 Å². The number of rotatable bonds is 5. The van der Waals surface area contributed by atoms with Crippen molar-refractivity contribution in [2.75, 3.05) is 12.4 Å². The van der Waals surface area contributed by atoms with Crippen LogP contribution in [0, 0.1) is 0 Å². The van der Waals surface area contributed by atoms with Gasteiger partial charge in [0.05, 0.1) is 19.2 Å². The van der Waals surface area contributed by atoms with Crippen LogP contribution < -0.4 is 10.1 Å². The van der Waals surface area contributed by atoms with Crippen molar-refractivity contribution in [1.29, 1.82) is 0 Å². The van der Waals surface area contributed by atoms with E-state index in [1.807, 2.05) is 0 Å². The van der Waals surface area contributed by atoms with E-state index < -0.39 is 5.91 Å². The van der Waals surface area contributed by atoms with E-state index in [9.17, 15) is 14.4 Å². The van der Waals surface area contributed by atoms with Gasteiger partial charge in [0.2, 0.25) is 5.91 Å². The molecule has 0 atom stereocenters. The molecular formula is C13H15NO4. The van der Waals surface area contributed by atoms with Gasteiger partial charge >= 0.3 is 0 Å². The SMILES string of the molecule is COc1cc(C(C)=O)ccc1NC(=O)CC(C)=O. The molecule has 18 heavy (non-hydrogen) atoms. The van der Waals surface area contributed by atoms with E-state index in [4.69, 9.17) is 4.74 Å². The summed E-state index contributed by atoms with van der Waals surface area (Å²) < 4.78 is 5.09. The molecule has 0 aliphatic carbocycles. The molecule has 0 saturated carbocycles. The molecule has 1 aromatic rings. The smallest absolute Gasteiger partial charge is 0.231 e. The molecule has 0 fully saturated rings. The molecule has 0 bridgehead atoms. The Hall–Kier alpha value is -2.17. The molecule has 0 spiro atoms. The summed E-state index contributed by atoms with van der Waals surface area (Å²) in [6, 6.07) is 4.72. The van der Waals surface area contributed by atoms with Crippen molar-refractivity contribution in [1.82, 2.24) is 0 Å². The molecule has 0 aliphatic rings. The predicted molar refractivity (Wildman–Crippen MR) is 66.9 cm³/mol. The van der Waals surface area contributed by atoms with Gasteiger partial charge in [-0.2, -0.15) is 0 Å². The van der Waals surface area contributed by atoms with Crippen LogP contribution >= 0.6 is 0 Å². The zero-order valence-electron chi connectivity index (χ0n) is 10.6. The molecule has 1 amide bonds. The maximum absolute atomic E-state index is 11.5. The van der Waals surface area contributed by atoms with Crippen molar-refractivity contribution < 1.29 is 19.1 Å². The number of ether oxygens (including phenoxy) is 1. The van der Waals surface area contributed by atoms with Gasteiger partial charge in [-0.05, 0) is 32.0 Å². The molecule has 0 heterocycles. The minimum absolute atomic E-state index is 0.0880. The van der Waals surface area contributed by atoms with Crippen LogP contribution in [0.4, 0.5) is 5.69 Å². The first-order valence-corrected chi connectivity index (χ1v) is 5.42. The average Bonchev–Trinajstić information content (AvgIpc) is 2.27. The van der Waals surface area contributed by atoms with Crippen molar-refractivity contribution in [2.24, 2.45) is 0 Å². The zero-order chi connectivity index (χ0) is 13.7. The van der Waals surface area contributed by atoms with Crippen molar-refractivity contribution >= 4 is 23.2 Å². The number of carbonyl (C=O) groups is 3. The Balaban J connectivity index is 2.92. The van der Waals surface area contributed by atoms with Crippen LogP contribution in [0.5, 0.6) is 5.75 Å². The first-order chi connectivity index (χ1) is 8.43. The number of Topliss-reactive ketones (excluding diaryl/α,β-unsaturated/α-hetero) is 2. The number of amides is 1. The van der Waals surface area contributed by atoms with Gasteiger partial charge in [0.25, 0.3) is 0 Å². The van der Waals surface area contributed by atoms with Gasteiger partial charge in [0.15, 0.2) is 5.78 Å². The summed E-state index contributed by atoms with van der Waals surface area (Å²) in [4.78, 5) is 33.5. The van der Waals surface area contributed by atoms with Gasteiger partial charge in [-0.25, -0.2) is 0 Å². The lowest BCUT2D eigenvalue weighted by atomic mass is 10.1. The van der Waals surface area contributed by atoms with Crippen molar-refractivity contribution in [3.05, 3.63) is 23.8 Å². The van der Waals surface area contributed by atoms with E-state index in [1.165, 1.54) is 21.0 Å². The summed E-state index contributed by atoms with van der Waals surface area (Å²) >= 11 is 0. The van der Waals surface area contributed by atoms with E-state index in [0.717, 1.165) is 0 Å². The van der Waals surface area contributed by atoms with E-state index in [1.54, 1.807) is 18.2 Å². The monoisotopic (exact) mass is 249 g/mol. The van der Waals surface area contributed by atoms with Crippen LogP contribution in [-0.4, -0.2) is 24.6 Å². The number of hydrogen-bond acceptors (Lipinski definition) is 4. The van der Waals surface area contributed by atoms with Gasteiger partial charge < -0.3 is 10.1 Å². The average molecular weight is 249 g/mol. The van der Waals surface area contributed by atoms with Crippen LogP contribution in [0.3, 0.4) is 0 Å². The quantitative estimate of drug-likeness (QED) is 0.638. The maximum atomic E-state index is 11.5. The van der Waals surface area contributed by atoms with Crippen molar-refractivity contribution in [3.8, 4) is 5.75 Å². The molecule has 0 radical (unpaired) electrons. The minimum atomic E-state index is -0.406. The Bertz CT molecular complexity index is 494. The highest BCUT2D eigenvalue weighted by Crippen LogP contribution is 2.25. The van der Waals surface area contributed by atoms with Crippen molar-refractivity contribution in [2.45, 2.75) is 20.3 Å². The van der Waals surface area contributed by atoms with Gasteiger partial charge in [0.1, 0.15) is 11.5 Å². The standard InChI is InChI=1S/C13H15NO4/c1-8(15)6-13(17)14-11-5-4-10(9(2)16)7-12(11)18-3/h4-5,7H,6H2,1-3H3,(H,14,17). The molecule has 5 nitrogen and oxygen atoms in total. The topological polar surface area (TPSA) is 72.5 Å². The highest BCUT2D eigenvalue weighted by atomic mass is 16.5. The Morgan fingerprint density at radius 3 is 2.39 bits per heavy atom. The summed E-state index contributed by atoms with van der Waals surface area (Å²) in [6.07, 6.45) is -0.183. The van der Waals surface area contributed by atoms with E-state index >= 15 is 0 Å². The molecule has 5 heteroatoms. The predicted octanol–water partition coefficient (Wildman–Crippen LogP) is 1.82. The van der Waals surface area contributed by atoms with E-state index in [-0.39, 0.29) is 18.0 Å². The lowest BCUT2D eigenvalue weighted by Gasteiger charge is -2.10. The fourth-order valence-electron chi connectivity index (χ4n) is 1.43. The van der Waals surface area contributed by atoms with Crippen LogP contribution in [0.2, 0.25) is 0 Å².